The van der Waals surface area contributed by atoms with Crippen LogP contribution in [0, 0.1) is 5.92 Å². The highest BCUT2D eigenvalue weighted by molar-refractivity contribution is 5.72. The number of hydrogen-bond donors (Lipinski definition) is 0. The summed E-state index contributed by atoms with van der Waals surface area (Å²) in [4.78, 5) is 11.6. The standard InChI is InChI=1S/C13H26O2/c1-5-7-9-11(3)13(14)15-12(4)10-8-6-2/h11-12H,5-10H2,1-4H3. The Bertz CT molecular complexity index is 166. The summed E-state index contributed by atoms with van der Waals surface area (Å²) in [5.74, 6) is 0.0427. The Morgan fingerprint density at radius 2 is 1.60 bits per heavy atom. The minimum absolute atomic E-state index is 0.0212. The summed E-state index contributed by atoms with van der Waals surface area (Å²) in [6, 6.07) is 0. The van der Waals surface area contributed by atoms with Crippen LogP contribution in [-0.4, -0.2) is 12.1 Å². The maximum Gasteiger partial charge on any atom is 0.308 e. The van der Waals surface area contributed by atoms with E-state index in [9.17, 15) is 4.79 Å². The molecule has 0 amide bonds. The number of esters is 1. The first-order valence-electron chi connectivity index (χ1n) is 6.32. The SMILES string of the molecule is CCCCC(C)OC(=O)C(C)CCCC. The molecule has 0 heterocycles. The maximum atomic E-state index is 11.6. The number of ether oxygens (including phenoxy) is 1. The van der Waals surface area contributed by atoms with E-state index in [-0.39, 0.29) is 18.0 Å². The summed E-state index contributed by atoms with van der Waals surface area (Å²) >= 11 is 0. The van der Waals surface area contributed by atoms with Gasteiger partial charge in [-0.25, -0.2) is 0 Å². The van der Waals surface area contributed by atoms with E-state index in [1.54, 1.807) is 0 Å². The van der Waals surface area contributed by atoms with E-state index in [0.29, 0.717) is 0 Å². The Labute approximate surface area is 94.4 Å². The molecule has 0 saturated heterocycles. The molecule has 0 aromatic rings. The van der Waals surface area contributed by atoms with Crippen molar-refractivity contribution >= 4 is 5.97 Å². The third kappa shape index (κ3) is 7.40. The molecular weight excluding hydrogens is 188 g/mol. The van der Waals surface area contributed by atoms with Crippen LogP contribution in [-0.2, 0) is 9.53 Å². The Morgan fingerprint density at radius 3 is 2.13 bits per heavy atom. The largest absolute Gasteiger partial charge is 0.462 e. The fourth-order valence-electron chi connectivity index (χ4n) is 1.49. The Morgan fingerprint density at radius 1 is 1.07 bits per heavy atom. The maximum absolute atomic E-state index is 11.6. The van der Waals surface area contributed by atoms with Crippen molar-refractivity contribution in [3.63, 3.8) is 0 Å². The first kappa shape index (κ1) is 14.5. The smallest absolute Gasteiger partial charge is 0.308 e. The van der Waals surface area contributed by atoms with Gasteiger partial charge in [-0.1, -0.05) is 46.5 Å². The third-order valence-corrected chi connectivity index (χ3v) is 2.67. The Kier molecular flexibility index (Phi) is 8.44. The van der Waals surface area contributed by atoms with Gasteiger partial charge in [0.15, 0.2) is 0 Å². The van der Waals surface area contributed by atoms with Crippen molar-refractivity contribution in [3.05, 3.63) is 0 Å². The van der Waals surface area contributed by atoms with Crippen LogP contribution >= 0.6 is 0 Å². The molecule has 2 unspecified atom stereocenters. The lowest BCUT2D eigenvalue weighted by atomic mass is 10.0. The molecule has 0 aromatic carbocycles. The zero-order valence-electron chi connectivity index (χ0n) is 10.7. The molecule has 0 spiro atoms. The number of unbranched alkanes of at least 4 members (excludes halogenated alkanes) is 2. The van der Waals surface area contributed by atoms with Gasteiger partial charge >= 0.3 is 5.97 Å². The third-order valence-electron chi connectivity index (χ3n) is 2.67. The molecule has 0 aliphatic carbocycles. The van der Waals surface area contributed by atoms with E-state index >= 15 is 0 Å². The molecule has 0 aromatic heterocycles. The average molecular weight is 214 g/mol. The number of rotatable bonds is 8. The van der Waals surface area contributed by atoms with Crippen molar-refractivity contribution in [2.45, 2.75) is 72.3 Å². The lowest BCUT2D eigenvalue weighted by Crippen LogP contribution is -2.20. The van der Waals surface area contributed by atoms with Crippen LogP contribution in [0.5, 0.6) is 0 Å². The molecule has 2 nitrogen and oxygen atoms in total. The van der Waals surface area contributed by atoms with Gasteiger partial charge in [-0.2, -0.15) is 0 Å². The highest BCUT2D eigenvalue weighted by Gasteiger charge is 2.16. The van der Waals surface area contributed by atoms with Crippen LogP contribution in [0.3, 0.4) is 0 Å². The molecule has 0 rings (SSSR count). The monoisotopic (exact) mass is 214 g/mol. The van der Waals surface area contributed by atoms with Crippen molar-refractivity contribution in [2.24, 2.45) is 5.92 Å². The second kappa shape index (κ2) is 8.75. The summed E-state index contributed by atoms with van der Waals surface area (Å²) in [6.45, 7) is 8.24. The molecule has 2 heteroatoms. The van der Waals surface area contributed by atoms with Crippen molar-refractivity contribution in [2.75, 3.05) is 0 Å². The van der Waals surface area contributed by atoms with Gasteiger partial charge in [0.25, 0.3) is 0 Å². The molecule has 2 atom stereocenters. The van der Waals surface area contributed by atoms with Crippen LogP contribution in [0.25, 0.3) is 0 Å². The molecule has 0 saturated carbocycles. The molecule has 0 radical (unpaired) electrons. The molecule has 0 aliphatic rings. The van der Waals surface area contributed by atoms with Gasteiger partial charge < -0.3 is 4.74 Å². The van der Waals surface area contributed by atoms with Crippen LogP contribution in [0.4, 0.5) is 0 Å². The normalized spacial score (nSPS) is 14.7. The fraction of sp³-hybridized carbons (Fsp3) is 0.923. The van der Waals surface area contributed by atoms with E-state index in [2.05, 4.69) is 13.8 Å². The molecule has 0 fully saturated rings. The second-order valence-electron chi connectivity index (χ2n) is 4.43. The van der Waals surface area contributed by atoms with Crippen molar-refractivity contribution < 1.29 is 9.53 Å². The lowest BCUT2D eigenvalue weighted by Gasteiger charge is -2.16. The fourth-order valence-corrected chi connectivity index (χ4v) is 1.49. The predicted molar refractivity (Wildman–Crippen MR) is 63.8 cm³/mol. The average Bonchev–Trinajstić information content (AvgIpc) is 2.22. The number of carbonyl (C=O) groups excluding carboxylic acids is 1. The van der Waals surface area contributed by atoms with Gasteiger partial charge in [0.05, 0.1) is 12.0 Å². The van der Waals surface area contributed by atoms with Crippen molar-refractivity contribution in [1.82, 2.24) is 0 Å². The molecular formula is C13H26O2. The predicted octanol–water partition coefficient (Wildman–Crippen LogP) is 3.93. The minimum Gasteiger partial charge on any atom is -0.462 e. The summed E-state index contributed by atoms with van der Waals surface area (Å²) in [6.07, 6.45) is 6.58. The summed E-state index contributed by atoms with van der Waals surface area (Å²) in [5.41, 5.74) is 0. The quantitative estimate of drug-likeness (QED) is 0.572. The van der Waals surface area contributed by atoms with Gasteiger partial charge in [0, 0.05) is 0 Å². The zero-order chi connectivity index (χ0) is 11.7. The lowest BCUT2D eigenvalue weighted by molar-refractivity contribution is -0.153. The highest BCUT2D eigenvalue weighted by Crippen LogP contribution is 2.12. The minimum atomic E-state index is -0.0212. The highest BCUT2D eigenvalue weighted by atomic mass is 16.5. The second-order valence-corrected chi connectivity index (χ2v) is 4.43. The van der Waals surface area contributed by atoms with E-state index in [0.717, 1.165) is 38.5 Å². The van der Waals surface area contributed by atoms with Gasteiger partial charge in [-0.3, -0.25) is 4.79 Å². The summed E-state index contributed by atoms with van der Waals surface area (Å²) in [5, 5.41) is 0. The topological polar surface area (TPSA) is 26.3 Å². The number of carbonyl (C=O) groups is 1. The van der Waals surface area contributed by atoms with Crippen molar-refractivity contribution in [1.29, 1.82) is 0 Å². The molecule has 90 valence electrons. The van der Waals surface area contributed by atoms with E-state index in [1.807, 2.05) is 13.8 Å². The van der Waals surface area contributed by atoms with E-state index in [4.69, 9.17) is 4.74 Å². The Balaban J connectivity index is 3.70. The number of hydrogen-bond acceptors (Lipinski definition) is 2. The molecule has 0 aliphatic heterocycles. The van der Waals surface area contributed by atoms with E-state index in [1.165, 1.54) is 0 Å². The van der Waals surface area contributed by atoms with Gasteiger partial charge in [-0.15, -0.1) is 0 Å². The van der Waals surface area contributed by atoms with Crippen LogP contribution in [0.15, 0.2) is 0 Å². The molecule has 15 heavy (non-hydrogen) atoms. The summed E-state index contributed by atoms with van der Waals surface area (Å²) in [7, 11) is 0. The molecule has 0 N–H and O–H groups in total. The van der Waals surface area contributed by atoms with Gasteiger partial charge in [0.2, 0.25) is 0 Å². The Hall–Kier alpha value is -0.530. The zero-order valence-corrected chi connectivity index (χ0v) is 10.7. The summed E-state index contributed by atoms with van der Waals surface area (Å²) < 4.78 is 5.37. The van der Waals surface area contributed by atoms with Gasteiger partial charge in [-0.05, 0) is 19.8 Å². The first-order valence-corrected chi connectivity index (χ1v) is 6.32. The van der Waals surface area contributed by atoms with Crippen LogP contribution in [0.1, 0.15) is 66.2 Å². The van der Waals surface area contributed by atoms with Crippen LogP contribution < -0.4 is 0 Å². The molecule has 0 bridgehead atoms. The van der Waals surface area contributed by atoms with Crippen molar-refractivity contribution in [3.8, 4) is 0 Å². The van der Waals surface area contributed by atoms with Crippen LogP contribution in [0.2, 0.25) is 0 Å². The van der Waals surface area contributed by atoms with E-state index < -0.39 is 0 Å². The first-order chi connectivity index (χ1) is 7.11. The van der Waals surface area contributed by atoms with Gasteiger partial charge in [0.1, 0.15) is 0 Å².